The van der Waals surface area contributed by atoms with Gasteiger partial charge in [0, 0.05) is 36.0 Å². The second kappa shape index (κ2) is 7.94. The molecular formula is C17H19ClN4O3. The summed E-state index contributed by atoms with van der Waals surface area (Å²) in [5, 5.41) is 18.2. The van der Waals surface area contributed by atoms with Crippen molar-refractivity contribution in [2.45, 2.75) is 27.3 Å². The average molecular weight is 363 g/mol. The smallest absolute Gasteiger partial charge is 0.271 e. The topological polar surface area (TPSA) is 90.1 Å². The summed E-state index contributed by atoms with van der Waals surface area (Å²) in [4.78, 5) is 22.3. The minimum Gasteiger partial charge on any atom is -0.322 e. The molecule has 0 spiro atoms. The van der Waals surface area contributed by atoms with Crippen LogP contribution in [0.2, 0.25) is 5.15 Å². The van der Waals surface area contributed by atoms with E-state index in [9.17, 15) is 14.9 Å². The molecule has 2 aromatic rings. The Labute approximate surface area is 150 Å². The van der Waals surface area contributed by atoms with Gasteiger partial charge in [-0.1, -0.05) is 31.5 Å². The number of nitrogens with one attached hydrogen (secondary N) is 1. The summed E-state index contributed by atoms with van der Waals surface area (Å²) in [6, 6.07) is 5.74. The zero-order valence-electron chi connectivity index (χ0n) is 14.2. The fourth-order valence-corrected chi connectivity index (χ4v) is 2.57. The average Bonchev–Trinajstić information content (AvgIpc) is 2.79. The number of aryl methyl sites for hydroxylation is 1. The van der Waals surface area contributed by atoms with Crippen molar-refractivity contribution in [3.63, 3.8) is 0 Å². The summed E-state index contributed by atoms with van der Waals surface area (Å²) in [7, 11) is 0. The number of benzene rings is 1. The van der Waals surface area contributed by atoms with Crippen LogP contribution in [0.5, 0.6) is 0 Å². The lowest BCUT2D eigenvalue weighted by molar-refractivity contribution is -0.384. The molecule has 132 valence electrons. The number of aromatic nitrogens is 2. The van der Waals surface area contributed by atoms with Gasteiger partial charge in [-0.05, 0) is 25.0 Å². The summed E-state index contributed by atoms with van der Waals surface area (Å²) < 4.78 is 1.71. The number of nitro groups is 1. The van der Waals surface area contributed by atoms with E-state index in [1.54, 1.807) is 16.8 Å². The molecule has 1 N–H and O–H groups in total. The number of hydrogen-bond acceptors (Lipinski definition) is 4. The first kappa shape index (κ1) is 18.7. The van der Waals surface area contributed by atoms with Gasteiger partial charge in [0.1, 0.15) is 5.15 Å². The monoisotopic (exact) mass is 362 g/mol. The molecule has 0 radical (unpaired) electrons. The summed E-state index contributed by atoms with van der Waals surface area (Å²) in [6.07, 6.45) is 2.92. The van der Waals surface area contributed by atoms with Gasteiger partial charge in [0.15, 0.2) is 0 Å². The third kappa shape index (κ3) is 4.90. The zero-order valence-corrected chi connectivity index (χ0v) is 14.9. The molecule has 0 atom stereocenters. The van der Waals surface area contributed by atoms with Crippen molar-refractivity contribution in [3.8, 4) is 0 Å². The van der Waals surface area contributed by atoms with Crippen LogP contribution >= 0.6 is 11.6 Å². The Kier molecular flexibility index (Phi) is 5.93. The van der Waals surface area contributed by atoms with Gasteiger partial charge < -0.3 is 5.32 Å². The van der Waals surface area contributed by atoms with E-state index in [1.165, 1.54) is 24.3 Å². The number of anilines is 1. The Morgan fingerprint density at radius 2 is 2.20 bits per heavy atom. The van der Waals surface area contributed by atoms with Gasteiger partial charge in [-0.2, -0.15) is 5.10 Å². The first-order valence-electron chi connectivity index (χ1n) is 7.74. The summed E-state index contributed by atoms with van der Waals surface area (Å²) in [6.45, 7) is 6.64. The number of carbonyl (C=O) groups excluding carboxylic acids is 1. The maximum atomic E-state index is 12.0. The van der Waals surface area contributed by atoms with E-state index in [0.29, 0.717) is 28.9 Å². The number of halogens is 1. The Balaban J connectivity index is 2.12. The normalized spacial score (nSPS) is 11.2. The molecule has 1 aromatic heterocycles. The highest BCUT2D eigenvalue weighted by Gasteiger charge is 2.12. The van der Waals surface area contributed by atoms with Crippen molar-refractivity contribution in [2.75, 3.05) is 5.32 Å². The van der Waals surface area contributed by atoms with Crippen molar-refractivity contribution >= 4 is 35.0 Å². The number of amides is 1. The molecule has 0 aliphatic carbocycles. The van der Waals surface area contributed by atoms with Crippen LogP contribution < -0.4 is 5.32 Å². The molecule has 1 aromatic carbocycles. The van der Waals surface area contributed by atoms with Gasteiger partial charge in [0.2, 0.25) is 5.91 Å². The van der Waals surface area contributed by atoms with E-state index in [2.05, 4.69) is 24.3 Å². The Bertz CT molecular complexity index is 827. The van der Waals surface area contributed by atoms with Crippen molar-refractivity contribution < 1.29 is 9.72 Å². The third-order valence-electron chi connectivity index (χ3n) is 3.37. The summed E-state index contributed by atoms with van der Waals surface area (Å²) in [5.41, 5.74) is 1.67. The largest absolute Gasteiger partial charge is 0.322 e. The highest BCUT2D eigenvalue weighted by Crippen LogP contribution is 2.22. The fraction of sp³-hybridized carbons (Fsp3) is 0.294. The predicted molar refractivity (Wildman–Crippen MR) is 97.6 cm³/mol. The molecule has 2 rings (SSSR count). The van der Waals surface area contributed by atoms with E-state index in [-0.39, 0.29) is 5.69 Å². The van der Waals surface area contributed by atoms with Crippen LogP contribution in [-0.2, 0) is 11.3 Å². The van der Waals surface area contributed by atoms with Gasteiger partial charge in [-0.3, -0.25) is 19.6 Å². The van der Waals surface area contributed by atoms with Gasteiger partial charge >= 0.3 is 0 Å². The van der Waals surface area contributed by atoms with Crippen LogP contribution in [0.1, 0.15) is 25.1 Å². The van der Waals surface area contributed by atoms with Gasteiger partial charge in [0.25, 0.3) is 5.69 Å². The molecule has 1 amide bonds. The second-order valence-electron chi connectivity index (χ2n) is 6.00. The zero-order chi connectivity index (χ0) is 18.6. The maximum absolute atomic E-state index is 12.0. The predicted octanol–water partition coefficient (Wildman–Crippen LogP) is 4.06. The molecule has 0 saturated heterocycles. The van der Waals surface area contributed by atoms with E-state index in [4.69, 9.17) is 11.6 Å². The maximum Gasteiger partial charge on any atom is 0.271 e. The van der Waals surface area contributed by atoms with Crippen LogP contribution in [0.4, 0.5) is 11.4 Å². The van der Waals surface area contributed by atoms with Crippen LogP contribution in [0, 0.1) is 23.0 Å². The van der Waals surface area contributed by atoms with E-state index in [1.807, 2.05) is 6.92 Å². The van der Waals surface area contributed by atoms with Crippen molar-refractivity contribution in [2.24, 2.45) is 5.92 Å². The molecule has 0 saturated carbocycles. The minimum absolute atomic E-state index is 0.0874. The molecular weight excluding hydrogens is 344 g/mol. The lowest BCUT2D eigenvalue weighted by atomic mass is 10.2. The highest BCUT2D eigenvalue weighted by molar-refractivity contribution is 6.31. The van der Waals surface area contributed by atoms with E-state index in [0.717, 1.165) is 5.69 Å². The lowest BCUT2D eigenvalue weighted by Crippen LogP contribution is -2.08. The Hall–Kier alpha value is -2.67. The van der Waals surface area contributed by atoms with Crippen LogP contribution in [0.25, 0.3) is 6.08 Å². The number of carbonyl (C=O) groups is 1. The molecule has 0 bridgehead atoms. The molecule has 25 heavy (non-hydrogen) atoms. The first-order chi connectivity index (χ1) is 11.8. The molecule has 0 aliphatic heterocycles. The molecule has 0 unspecified atom stereocenters. The quantitative estimate of drug-likeness (QED) is 0.476. The van der Waals surface area contributed by atoms with Crippen molar-refractivity contribution in [1.82, 2.24) is 9.78 Å². The fourth-order valence-electron chi connectivity index (χ4n) is 2.26. The number of rotatable bonds is 6. The first-order valence-corrected chi connectivity index (χ1v) is 8.12. The van der Waals surface area contributed by atoms with Crippen LogP contribution in [0.3, 0.4) is 0 Å². The van der Waals surface area contributed by atoms with Gasteiger partial charge in [0.05, 0.1) is 10.6 Å². The van der Waals surface area contributed by atoms with Gasteiger partial charge in [-0.25, -0.2) is 0 Å². The van der Waals surface area contributed by atoms with Crippen LogP contribution in [-0.4, -0.2) is 20.6 Å². The van der Waals surface area contributed by atoms with Crippen LogP contribution in [0.15, 0.2) is 30.3 Å². The van der Waals surface area contributed by atoms with E-state index < -0.39 is 10.8 Å². The second-order valence-corrected chi connectivity index (χ2v) is 6.35. The van der Waals surface area contributed by atoms with E-state index >= 15 is 0 Å². The standard InChI is InChI=1S/C17H19ClN4O3/c1-11(2)10-21-17(18)15(12(3)20-21)7-8-16(23)19-13-5-4-6-14(9-13)22(24)25/h4-9,11H,10H2,1-3H3,(H,19,23)/b8-7+. The number of hydrogen-bond donors (Lipinski definition) is 1. The number of nitro benzene ring substituents is 1. The third-order valence-corrected chi connectivity index (χ3v) is 3.77. The van der Waals surface area contributed by atoms with Crippen molar-refractivity contribution in [1.29, 1.82) is 0 Å². The van der Waals surface area contributed by atoms with Gasteiger partial charge in [-0.15, -0.1) is 0 Å². The number of non-ortho nitro benzene ring substituents is 1. The molecule has 0 aliphatic rings. The molecule has 7 nitrogen and oxygen atoms in total. The Morgan fingerprint density at radius 1 is 1.48 bits per heavy atom. The minimum atomic E-state index is -0.516. The number of nitrogens with zero attached hydrogens (tertiary/aromatic N) is 3. The summed E-state index contributed by atoms with van der Waals surface area (Å²) >= 11 is 6.32. The lowest BCUT2D eigenvalue weighted by Gasteiger charge is -2.05. The molecule has 0 fully saturated rings. The Morgan fingerprint density at radius 3 is 2.84 bits per heavy atom. The molecule has 1 heterocycles. The molecule has 8 heteroatoms. The highest BCUT2D eigenvalue weighted by atomic mass is 35.5. The summed E-state index contributed by atoms with van der Waals surface area (Å²) in [5.74, 6) is -0.0154. The van der Waals surface area contributed by atoms with Crippen molar-refractivity contribution in [3.05, 3.63) is 56.9 Å². The SMILES string of the molecule is Cc1nn(CC(C)C)c(Cl)c1/C=C/C(=O)Nc1cccc([N+](=O)[O-])c1.